The standard InChI is InChI=1S/C20H14N2OS/c1-2-7-14(8-3-1)20-22-17(15-9-4-5-10-18(15)23-20)13-16(21-22)19-11-6-12-24-19/h1-13,20H. The fourth-order valence-electron chi connectivity index (χ4n) is 3.10. The summed E-state index contributed by atoms with van der Waals surface area (Å²) in [6, 6.07) is 24.7. The lowest BCUT2D eigenvalue weighted by atomic mass is 10.1. The van der Waals surface area contributed by atoms with Gasteiger partial charge in [0.1, 0.15) is 11.4 Å². The van der Waals surface area contributed by atoms with E-state index in [4.69, 9.17) is 9.84 Å². The first kappa shape index (κ1) is 13.6. The molecule has 2 aromatic heterocycles. The minimum absolute atomic E-state index is 0.246. The van der Waals surface area contributed by atoms with Crippen LogP contribution in [0.1, 0.15) is 11.8 Å². The Balaban J connectivity index is 1.73. The molecule has 0 saturated carbocycles. The molecule has 0 saturated heterocycles. The molecule has 0 spiro atoms. The molecule has 1 aliphatic rings. The first-order valence-electron chi connectivity index (χ1n) is 7.84. The van der Waals surface area contributed by atoms with Crippen molar-refractivity contribution in [3.8, 4) is 27.6 Å². The molecule has 0 radical (unpaired) electrons. The van der Waals surface area contributed by atoms with Crippen LogP contribution in [-0.2, 0) is 0 Å². The summed E-state index contributed by atoms with van der Waals surface area (Å²) in [7, 11) is 0. The van der Waals surface area contributed by atoms with E-state index >= 15 is 0 Å². The molecule has 116 valence electrons. The molecule has 0 fully saturated rings. The van der Waals surface area contributed by atoms with E-state index in [2.05, 4.69) is 41.8 Å². The van der Waals surface area contributed by atoms with Crippen molar-refractivity contribution < 1.29 is 4.74 Å². The highest BCUT2D eigenvalue weighted by molar-refractivity contribution is 7.13. The molecule has 2 aromatic carbocycles. The molecule has 5 rings (SSSR count). The molecule has 0 N–H and O–H groups in total. The van der Waals surface area contributed by atoms with E-state index in [0.717, 1.165) is 28.3 Å². The maximum atomic E-state index is 6.28. The number of benzene rings is 2. The number of rotatable bonds is 2. The highest BCUT2D eigenvalue weighted by atomic mass is 32.1. The second-order valence-electron chi connectivity index (χ2n) is 5.71. The summed E-state index contributed by atoms with van der Waals surface area (Å²) in [5.41, 5.74) is 4.25. The highest BCUT2D eigenvalue weighted by Crippen LogP contribution is 2.41. The fourth-order valence-corrected chi connectivity index (χ4v) is 3.78. The van der Waals surface area contributed by atoms with E-state index in [0.29, 0.717) is 0 Å². The quantitative estimate of drug-likeness (QED) is 0.504. The van der Waals surface area contributed by atoms with Gasteiger partial charge in [-0.15, -0.1) is 11.3 Å². The zero-order chi connectivity index (χ0) is 15.9. The predicted molar refractivity (Wildman–Crippen MR) is 96.2 cm³/mol. The van der Waals surface area contributed by atoms with Crippen molar-refractivity contribution in [2.24, 2.45) is 0 Å². The van der Waals surface area contributed by atoms with Crippen LogP contribution in [0.5, 0.6) is 5.75 Å². The van der Waals surface area contributed by atoms with Gasteiger partial charge in [0.25, 0.3) is 0 Å². The number of hydrogen-bond donors (Lipinski definition) is 0. The lowest BCUT2D eigenvalue weighted by molar-refractivity contribution is 0.154. The van der Waals surface area contributed by atoms with Crippen LogP contribution in [0.15, 0.2) is 78.2 Å². The molecular weight excluding hydrogens is 316 g/mol. The van der Waals surface area contributed by atoms with Gasteiger partial charge >= 0.3 is 0 Å². The molecule has 3 nitrogen and oxygen atoms in total. The average Bonchev–Trinajstić information content (AvgIpc) is 3.31. The van der Waals surface area contributed by atoms with E-state index in [1.807, 2.05) is 41.1 Å². The molecular formula is C20H14N2OS. The SMILES string of the molecule is c1ccc(C2Oc3ccccc3-c3cc(-c4cccs4)nn32)cc1. The third kappa shape index (κ3) is 2.07. The van der Waals surface area contributed by atoms with Gasteiger partial charge in [-0.25, -0.2) is 4.68 Å². The summed E-state index contributed by atoms with van der Waals surface area (Å²) in [5.74, 6) is 0.900. The summed E-state index contributed by atoms with van der Waals surface area (Å²) < 4.78 is 8.27. The normalized spacial score (nSPS) is 15.4. The van der Waals surface area contributed by atoms with Crippen molar-refractivity contribution in [3.63, 3.8) is 0 Å². The van der Waals surface area contributed by atoms with Gasteiger partial charge in [0.05, 0.1) is 10.6 Å². The molecule has 0 aliphatic carbocycles. The van der Waals surface area contributed by atoms with E-state index in [1.165, 1.54) is 4.88 Å². The van der Waals surface area contributed by atoms with Gasteiger partial charge in [-0.2, -0.15) is 5.10 Å². The molecule has 24 heavy (non-hydrogen) atoms. The summed E-state index contributed by atoms with van der Waals surface area (Å²) >= 11 is 1.70. The molecule has 1 aliphatic heterocycles. The third-order valence-corrected chi connectivity index (χ3v) is 5.11. The minimum atomic E-state index is -0.246. The number of hydrogen-bond acceptors (Lipinski definition) is 3. The number of nitrogens with zero attached hydrogens (tertiary/aromatic N) is 2. The first-order valence-corrected chi connectivity index (χ1v) is 8.72. The molecule has 3 heterocycles. The Hall–Kier alpha value is -2.85. The van der Waals surface area contributed by atoms with Gasteiger partial charge in [0.15, 0.2) is 0 Å². The summed E-state index contributed by atoms with van der Waals surface area (Å²) in [4.78, 5) is 1.17. The Labute approximate surface area is 143 Å². The van der Waals surface area contributed by atoms with Crippen LogP contribution in [0.4, 0.5) is 0 Å². The van der Waals surface area contributed by atoms with Gasteiger partial charge in [-0.3, -0.25) is 0 Å². The smallest absolute Gasteiger partial charge is 0.218 e. The number of thiophene rings is 1. The zero-order valence-corrected chi connectivity index (χ0v) is 13.6. The monoisotopic (exact) mass is 330 g/mol. The predicted octanol–water partition coefficient (Wildman–Crippen LogP) is 5.22. The van der Waals surface area contributed by atoms with Crippen LogP contribution in [0.25, 0.3) is 21.8 Å². The van der Waals surface area contributed by atoms with Gasteiger partial charge in [0.2, 0.25) is 6.23 Å². The Morgan fingerprint density at radius 3 is 2.58 bits per heavy atom. The lowest BCUT2D eigenvalue weighted by Crippen LogP contribution is -2.23. The number of fused-ring (bicyclic) bond motifs is 3. The van der Waals surface area contributed by atoms with E-state index in [1.54, 1.807) is 11.3 Å². The molecule has 4 heteroatoms. The zero-order valence-electron chi connectivity index (χ0n) is 12.8. The van der Waals surface area contributed by atoms with Crippen molar-refractivity contribution in [1.82, 2.24) is 9.78 Å². The van der Waals surface area contributed by atoms with Crippen molar-refractivity contribution in [3.05, 3.63) is 83.7 Å². The summed E-state index contributed by atoms with van der Waals surface area (Å²) in [5, 5.41) is 6.93. The summed E-state index contributed by atoms with van der Waals surface area (Å²) in [6.45, 7) is 0. The second kappa shape index (κ2) is 5.35. The van der Waals surface area contributed by atoms with Gasteiger partial charge in [0, 0.05) is 11.1 Å². The second-order valence-corrected chi connectivity index (χ2v) is 6.66. The molecule has 0 amide bonds. The number of para-hydroxylation sites is 1. The topological polar surface area (TPSA) is 27.1 Å². The van der Waals surface area contributed by atoms with E-state index in [-0.39, 0.29) is 6.23 Å². The molecule has 1 atom stereocenters. The Kier molecular flexibility index (Phi) is 3.03. The van der Waals surface area contributed by atoms with Gasteiger partial charge in [-0.05, 0) is 29.6 Å². The van der Waals surface area contributed by atoms with Crippen LogP contribution < -0.4 is 4.74 Å². The van der Waals surface area contributed by atoms with Crippen LogP contribution in [-0.4, -0.2) is 9.78 Å². The average molecular weight is 330 g/mol. The Morgan fingerprint density at radius 1 is 0.917 bits per heavy atom. The van der Waals surface area contributed by atoms with Crippen LogP contribution in [0.2, 0.25) is 0 Å². The number of ether oxygens (including phenoxy) is 1. The number of aromatic nitrogens is 2. The lowest BCUT2D eigenvalue weighted by Gasteiger charge is -2.28. The van der Waals surface area contributed by atoms with Gasteiger partial charge < -0.3 is 4.74 Å². The van der Waals surface area contributed by atoms with Crippen LogP contribution >= 0.6 is 11.3 Å². The van der Waals surface area contributed by atoms with Crippen LogP contribution in [0.3, 0.4) is 0 Å². The maximum Gasteiger partial charge on any atom is 0.218 e. The minimum Gasteiger partial charge on any atom is -0.464 e. The first-order chi connectivity index (χ1) is 11.9. The van der Waals surface area contributed by atoms with Crippen molar-refractivity contribution in [2.75, 3.05) is 0 Å². The Bertz CT molecular complexity index is 990. The molecule has 0 bridgehead atoms. The van der Waals surface area contributed by atoms with E-state index < -0.39 is 0 Å². The van der Waals surface area contributed by atoms with Crippen molar-refractivity contribution in [1.29, 1.82) is 0 Å². The third-order valence-electron chi connectivity index (χ3n) is 4.22. The molecule has 4 aromatic rings. The fraction of sp³-hybridized carbons (Fsp3) is 0.0500. The highest BCUT2D eigenvalue weighted by Gasteiger charge is 2.28. The van der Waals surface area contributed by atoms with Crippen molar-refractivity contribution >= 4 is 11.3 Å². The Morgan fingerprint density at radius 2 is 1.75 bits per heavy atom. The molecule has 1 unspecified atom stereocenters. The largest absolute Gasteiger partial charge is 0.464 e. The maximum absolute atomic E-state index is 6.28. The van der Waals surface area contributed by atoms with Gasteiger partial charge in [-0.1, -0.05) is 48.5 Å². The summed E-state index contributed by atoms with van der Waals surface area (Å²) in [6.07, 6.45) is -0.246. The van der Waals surface area contributed by atoms with E-state index in [9.17, 15) is 0 Å². The van der Waals surface area contributed by atoms with Crippen molar-refractivity contribution in [2.45, 2.75) is 6.23 Å². The van der Waals surface area contributed by atoms with Crippen LogP contribution in [0, 0.1) is 0 Å².